The van der Waals surface area contributed by atoms with Gasteiger partial charge in [-0.05, 0) is 11.1 Å². The normalized spacial score (nSPS) is 17.4. The van der Waals surface area contributed by atoms with E-state index >= 15 is 0 Å². The molecule has 0 aromatic heterocycles. The molecule has 1 aliphatic heterocycles. The standard InChI is InChI=1S/C15H10O2/c1-3-7-13-11(5-1)12-6-2-4-8-14(12)15(13)16-9-10-17-15/h1-10H. The van der Waals surface area contributed by atoms with Gasteiger partial charge in [-0.2, -0.15) is 0 Å². The van der Waals surface area contributed by atoms with Crippen LogP contribution >= 0.6 is 0 Å². The lowest BCUT2D eigenvalue weighted by atomic mass is 10.0. The lowest BCUT2D eigenvalue weighted by molar-refractivity contribution is -0.109. The Kier molecular flexibility index (Phi) is 1.52. The fourth-order valence-corrected chi connectivity index (χ4v) is 2.68. The van der Waals surface area contributed by atoms with Gasteiger partial charge in [-0.25, -0.2) is 0 Å². The monoisotopic (exact) mass is 222 g/mol. The number of fused-ring (bicyclic) bond motifs is 5. The molecule has 2 aliphatic rings. The highest BCUT2D eigenvalue weighted by Crippen LogP contribution is 2.51. The van der Waals surface area contributed by atoms with Crippen LogP contribution in [0.2, 0.25) is 0 Å². The van der Waals surface area contributed by atoms with E-state index in [2.05, 4.69) is 24.3 Å². The van der Waals surface area contributed by atoms with Crippen LogP contribution in [0.3, 0.4) is 0 Å². The molecule has 0 N–H and O–H groups in total. The van der Waals surface area contributed by atoms with Gasteiger partial charge in [0.25, 0.3) is 0 Å². The predicted octanol–water partition coefficient (Wildman–Crippen LogP) is 3.39. The maximum absolute atomic E-state index is 5.75. The highest BCUT2D eigenvalue weighted by atomic mass is 16.7. The molecule has 4 rings (SSSR count). The summed E-state index contributed by atoms with van der Waals surface area (Å²) in [5.41, 5.74) is 4.52. The van der Waals surface area contributed by atoms with Gasteiger partial charge in [-0.1, -0.05) is 48.5 Å². The highest BCUT2D eigenvalue weighted by molar-refractivity contribution is 5.79. The number of ether oxygens (including phenoxy) is 2. The van der Waals surface area contributed by atoms with Crippen LogP contribution in [0.1, 0.15) is 11.1 Å². The first kappa shape index (κ1) is 8.88. The zero-order chi connectivity index (χ0) is 11.3. The first-order valence-electron chi connectivity index (χ1n) is 5.62. The highest BCUT2D eigenvalue weighted by Gasteiger charge is 2.48. The average Bonchev–Trinajstić information content (AvgIpc) is 2.98. The molecular formula is C15H10O2. The number of rotatable bonds is 0. The van der Waals surface area contributed by atoms with E-state index < -0.39 is 5.79 Å². The summed E-state index contributed by atoms with van der Waals surface area (Å²) in [6, 6.07) is 16.4. The minimum absolute atomic E-state index is 0.757. The van der Waals surface area contributed by atoms with Crippen LogP contribution in [0.4, 0.5) is 0 Å². The third-order valence-electron chi connectivity index (χ3n) is 3.38. The maximum atomic E-state index is 5.75. The summed E-state index contributed by atoms with van der Waals surface area (Å²) >= 11 is 0. The Morgan fingerprint density at radius 2 is 1.12 bits per heavy atom. The van der Waals surface area contributed by atoms with Gasteiger partial charge in [-0.15, -0.1) is 0 Å². The van der Waals surface area contributed by atoms with Crippen molar-refractivity contribution >= 4 is 0 Å². The third-order valence-corrected chi connectivity index (χ3v) is 3.38. The van der Waals surface area contributed by atoms with Crippen molar-refractivity contribution in [2.45, 2.75) is 5.79 Å². The molecule has 2 aromatic carbocycles. The topological polar surface area (TPSA) is 18.5 Å². The van der Waals surface area contributed by atoms with E-state index in [-0.39, 0.29) is 0 Å². The van der Waals surface area contributed by atoms with E-state index in [1.54, 1.807) is 12.5 Å². The van der Waals surface area contributed by atoms with Crippen LogP contribution in [0.15, 0.2) is 61.1 Å². The van der Waals surface area contributed by atoms with Crippen molar-refractivity contribution < 1.29 is 9.47 Å². The van der Waals surface area contributed by atoms with E-state index in [1.165, 1.54) is 11.1 Å². The number of hydrogen-bond donors (Lipinski definition) is 0. The summed E-state index contributed by atoms with van der Waals surface area (Å²) in [5.74, 6) is -0.757. The molecule has 0 saturated heterocycles. The fourth-order valence-electron chi connectivity index (χ4n) is 2.68. The molecule has 0 saturated carbocycles. The quantitative estimate of drug-likeness (QED) is 0.680. The van der Waals surface area contributed by atoms with Gasteiger partial charge in [0.2, 0.25) is 0 Å². The molecule has 0 fully saturated rings. The van der Waals surface area contributed by atoms with Crippen molar-refractivity contribution in [3.63, 3.8) is 0 Å². The van der Waals surface area contributed by atoms with Gasteiger partial charge < -0.3 is 9.47 Å². The Morgan fingerprint density at radius 3 is 1.65 bits per heavy atom. The van der Waals surface area contributed by atoms with E-state index in [1.807, 2.05) is 24.3 Å². The first-order valence-corrected chi connectivity index (χ1v) is 5.62. The summed E-state index contributed by atoms with van der Waals surface area (Å²) in [6.45, 7) is 0. The second kappa shape index (κ2) is 2.92. The van der Waals surface area contributed by atoms with Gasteiger partial charge in [0.15, 0.2) is 0 Å². The van der Waals surface area contributed by atoms with Crippen LogP contribution in [0.25, 0.3) is 11.1 Å². The lowest BCUT2D eigenvalue weighted by Crippen LogP contribution is -2.25. The minimum atomic E-state index is -0.757. The van der Waals surface area contributed by atoms with Gasteiger partial charge in [0, 0.05) is 11.1 Å². The van der Waals surface area contributed by atoms with Gasteiger partial charge in [-0.3, -0.25) is 0 Å². The molecule has 2 heteroatoms. The smallest absolute Gasteiger partial charge is 0.305 e. The van der Waals surface area contributed by atoms with E-state index in [4.69, 9.17) is 9.47 Å². The largest absolute Gasteiger partial charge is 0.449 e. The summed E-state index contributed by atoms with van der Waals surface area (Å²) in [5, 5.41) is 0. The van der Waals surface area contributed by atoms with Crippen molar-refractivity contribution in [3.8, 4) is 11.1 Å². The zero-order valence-corrected chi connectivity index (χ0v) is 9.09. The van der Waals surface area contributed by atoms with Crippen molar-refractivity contribution in [1.29, 1.82) is 0 Å². The van der Waals surface area contributed by atoms with Crippen molar-refractivity contribution in [3.05, 3.63) is 72.2 Å². The van der Waals surface area contributed by atoms with Gasteiger partial charge in [0.1, 0.15) is 12.5 Å². The molecule has 0 bridgehead atoms. The molecule has 0 amide bonds. The third kappa shape index (κ3) is 0.954. The zero-order valence-electron chi connectivity index (χ0n) is 9.09. The SMILES string of the molecule is C1=COC2(O1)c1ccccc1-c1ccccc12. The Balaban J connectivity index is 2.10. The summed E-state index contributed by atoms with van der Waals surface area (Å²) in [6.07, 6.45) is 3.22. The second-order valence-electron chi connectivity index (χ2n) is 4.22. The predicted molar refractivity (Wildman–Crippen MR) is 64.0 cm³/mol. The maximum Gasteiger partial charge on any atom is 0.305 e. The van der Waals surface area contributed by atoms with E-state index in [0.29, 0.717) is 0 Å². The molecule has 82 valence electrons. The fraction of sp³-hybridized carbons (Fsp3) is 0.0667. The van der Waals surface area contributed by atoms with Crippen LogP contribution < -0.4 is 0 Å². The molecular weight excluding hydrogens is 212 g/mol. The van der Waals surface area contributed by atoms with Crippen LogP contribution in [-0.4, -0.2) is 0 Å². The molecule has 2 nitrogen and oxygen atoms in total. The molecule has 1 spiro atoms. The van der Waals surface area contributed by atoms with Gasteiger partial charge in [0.05, 0.1) is 0 Å². The number of benzene rings is 2. The molecule has 0 unspecified atom stereocenters. The van der Waals surface area contributed by atoms with Gasteiger partial charge >= 0.3 is 5.79 Å². The lowest BCUT2D eigenvalue weighted by Gasteiger charge is -2.24. The first-order chi connectivity index (χ1) is 8.42. The van der Waals surface area contributed by atoms with E-state index in [0.717, 1.165) is 11.1 Å². The van der Waals surface area contributed by atoms with Crippen LogP contribution in [-0.2, 0) is 15.3 Å². The van der Waals surface area contributed by atoms with Crippen molar-refractivity contribution in [2.75, 3.05) is 0 Å². The molecule has 1 heterocycles. The number of hydrogen-bond acceptors (Lipinski definition) is 2. The summed E-state index contributed by atoms with van der Waals surface area (Å²) in [4.78, 5) is 0. The van der Waals surface area contributed by atoms with Crippen molar-refractivity contribution in [1.82, 2.24) is 0 Å². The molecule has 17 heavy (non-hydrogen) atoms. The van der Waals surface area contributed by atoms with E-state index in [9.17, 15) is 0 Å². The molecule has 0 atom stereocenters. The average molecular weight is 222 g/mol. The van der Waals surface area contributed by atoms with Crippen LogP contribution in [0.5, 0.6) is 0 Å². The molecule has 2 aromatic rings. The Bertz CT molecular complexity index is 573. The molecule has 0 radical (unpaired) electrons. The molecule has 1 aliphatic carbocycles. The summed E-state index contributed by atoms with van der Waals surface area (Å²) < 4.78 is 11.5. The van der Waals surface area contributed by atoms with Crippen molar-refractivity contribution in [2.24, 2.45) is 0 Å². The minimum Gasteiger partial charge on any atom is -0.449 e. The van der Waals surface area contributed by atoms with Crippen LogP contribution in [0, 0.1) is 0 Å². The Hall–Kier alpha value is -2.22. The second-order valence-corrected chi connectivity index (χ2v) is 4.22. The Morgan fingerprint density at radius 1 is 0.647 bits per heavy atom. The Labute approximate surface area is 99.1 Å². The summed E-state index contributed by atoms with van der Waals surface area (Å²) in [7, 11) is 0.